The van der Waals surface area contributed by atoms with Crippen LogP contribution in [0.15, 0.2) is 39.6 Å². The molecule has 1 aromatic rings. The van der Waals surface area contributed by atoms with Crippen molar-refractivity contribution in [1.29, 1.82) is 0 Å². The molecule has 0 fully saturated rings. The van der Waals surface area contributed by atoms with Crippen molar-refractivity contribution in [2.75, 3.05) is 6.54 Å². The van der Waals surface area contributed by atoms with E-state index in [2.05, 4.69) is 4.36 Å². The number of hydrogen-bond acceptors (Lipinski definition) is 2. The lowest BCUT2D eigenvalue weighted by atomic mass is 10.3. The van der Waals surface area contributed by atoms with Gasteiger partial charge in [0.2, 0.25) is 0 Å². The molecule has 0 saturated carbocycles. The molecule has 70 valence electrons. The van der Waals surface area contributed by atoms with Crippen LogP contribution in [0.1, 0.15) is 13.3 Å². The monoisotopic (exact) mass is 195 g/mol. The molecule has 0 aromatic heterocycles. The minimum absolute atomic E-state index is 0.204. The first kappa shape index (κ1) is 8.75. The maximum absolute atomic E-state index is 12.4. The van der Waals surface area contributed by atoms with E-state index in [1.165, 1.54) is 0 Å². The van der Waals surface area contributed by atoms with Crippen LogP contribution in [0, 0.1) is 0 Å². The van der Waals surface area contributed by atoms with Crippen molar-refractivity contribution >= 4 is 9.73 Å². The molecule has 2 nitrogen and oxygen atoms in total. The van der Waals surface area contributed by atoms with Gasteiger partial charge in [-0.3, -0.25) is 0 Å². The van der Waals surface area contributed by atoms with Gasteiger partial charge in [-0.15, -0.1) is 0 Å². The van der Waals surface area contributed by atoms with Gasteiger partial charge in [0, 0.05) is 16.7 Å². The summed E-state index contributed by atoms with van der Waals surface area (Å²) in [6.07, 6.45) is 0.952. The molecule has 2 atom stereocenters. The Balaban J connectivity index is 2.53. The van der Waals surface area contributed by atoms with Gasteiger partial charge in [0.15, 0.2) is 0 Å². The normalized spacial score (nSPS) is 32.8. The third kappa shape index (κ3) is 1.37. The summed E-state index contributed by atoms with van der Waals surface area (Å²) in [7, 11) is -2.09. The molecule has 1 aliphatic rings. The first-order valence-corrected chi connectivity index (χ1v) is 6.08. The predicted molar refractivity (Wildman–Crippen MR) is 54.2 cm³/mol. The number of benzene rings is 1. The van der Waals surface area contributed by atoms with Gasteiger partial charge in [-0.2, -0.15) is 0 Å². The Morgan fingerprint density at radius 2 is 2.08 bits per heavy atom. The van der Waals surface area contributed by atoms with Crippen LogP contribution in [-0.4, -0.2) is 16.0 Å². The average Bonchev–Trinajstić information content (AvgIpc) is 2.50. The summed E-state index contributed by atoms with van der Waals surface area (Å²) in [6, 6.07) is 9.60. The maximum atomic E-state index is 12.4. The lowest BCUT2D eigenvalue weighted by Gasteiger charge is -2.09. The Hall–Kier alpha value is -0.830. The van der Waals surface area contributed by atoms with Crippen molar-refractivity contribution in [3.05, 3.63) is 30.3 Å². The van der Waals surface area contributed by atoms with Crippen LogP contribution in [0.2, 0.25) is 0 Å². The van der Waals surface area contributed by atoms with E-state index in [0.717, 1.165) is 17.9 Å². The van der Waals surface area contributed by atoms with Gasteiger partial charge in [0.05, 0.1) is 9.73 Å². The first-order chi connectivity index (χ1) is 6.23. The summed E-state index contributed by atoms with van der Waals surface area (Å²) in [6.45, 7) is 2.76. The minimum atomic E-state index is -2.09. The van der Waals surface area contributed by atoms with E-state index in [9.17, 15) is 4.21 Å². The Morgan fingerprint density at radius 3 is 2.62 bits per heavy atom. The van der Waals surface area contributed by atoms with Crippen LogP contribution >= 0.6 is 0 Å². The lowest BCUT2D eigenvalue weighted by molar-refractivity contribution is 0.670. The number of nitrogens with zero attached hydrogens (tertiary/aromatic N) is 1. The molecule has 2 rings (SSSR count). The SMILES string of the molecule is C[C@H]1CCN=[S@]1(=O)c1ccccc1. The molecule has 1 aliphatic heterocycles. The molecule has 0 radical (unpaired) electrons. The molecule has 0 saturated heterocycles. The van der Waals surface area contributed by atoms with E-state index in [1.807, 2.05) is 37.3 Å². The average molecular weight is 195 g/mol. The summed E-state index contributed by atoms with van der Waals surface area (Å²) < 4.78 is 16.6. The van der Waals surface area contributed by atoms with Gasteiger partial charge in [-0.05, 0) is 25.5 Å². The van der Waals surface area contributed by atoms with Crippen LogP contribution < -0.4 is 0 Å². The van der Waals surface area contributed by atoms with Crippen LogP contribution in [0.5, 0.6) is 0 Å². The topological polar surface area (TPSA) is 29.4 Å². The smallest absolute Gasteiger partial charge is 0.0779 e. The predicted octanol–water partition coefficient (Wildman–Crippen LogP) is 2.31. The van der Waals surface area contributed by atoms with Crippen molar-refractivity contribution in [3.63, 3.8) is 0 Å². The highest BCUT2D eigenvalue weighted by atomic mass is 32.2. The lowest BCUT2D eigenvalue weighted by Crippen LogP contribution is -2.12. The summed E-state index contributed by atoms with van der Waals surface area (Å²) in [5, 5.41) is 0.204. The second-order valence-corrected chi connectivity index (χ2v) is 6.01. The van der Waals surface area contributed by atoms with E-state index in [4.69, 9.17) is 0 Å². The third-order valence-corrected chi connectivity index (χ3v) is 5.29. The fraction of sp³-hybridized carbons (Fsp3) is 0.400. The molecule has 1 heterocycles. The summed E-state index contributed by atoms with van der Waals surface area (Å²) in [4.78, 5) is 0.889. The van der Waals surface area contributed by atoms with E-state index >= 15 is 0 Å². The zero-order chi connectivity index (χ0) is 9.31. The van der Waals surface area contributed by atoms with Crippen LogP contribution in [0.4, 0.5) is 0 Å². The molecule has 0 bridgehead atoms. The molecule has 0 aliphatic carbocycles. The molecule has 0 unspecified atom stereocenters. The highest BCUT2D eigenvalue weighted by Crippen LogP contribution is 2.25. The number of rotatable bonds is 1. The van der Waals surface area contributed by atoms with Gasteiger partial charge in [-0.25, -0.2) is 8.57 Å². The molecule has 3 heteroatoms. The Bertz CT molecular complexity index is 404. The summed E-state index contributed by atoms with van der Waals surface area (Å²) in [5.74, 6) is 0. The largest absolute Gasteiger partial charge is 0.244 e. The van der Waals surface area contributed by atoms with E-state index in [0.29, 0.717) is 0 Å². The number of hydrogen-bond donors (Lipinski definition) is 0. The quantitative estimate of drug-likeness (QED) is 0.676. The van der Waals surface area contributed by atoms with Gasteiger partial charge in [0.1, 0.15) is 0 Å². The second-order valence-electron chi connectivity index (χ2n) is 3.33. The highest BCUT2D eigenvalue weighted by molar-refractivity contribution is 7.94. The van der Waals surface area contributed by atoms with Gasteiger partial charge >= 0.3 is 0 Å². The minimum Gasteiger partial charge on any atom is -0.244 e. The Morgan fingerprint density at radius 1 is 1.38 bits per heavy atom. The Labute approximate surface area is 79.2 Å². The molecule has 1 aromatic carbocycles. The van der Waals surface area contributed by atoms with Crippen molar-refractivity contribution in [1.82, 2.24) is 0 Å². The maximum Gasteiger partial charge on any atom is 0.0779 e. The van der Waals surface area contributed by atoms with Crippen LogP contribution in [0.3, 0.4) is 0 Å². The van der Waals surface area contributed by atoms with Crippen LogP contribution in [0.25, 0.3) is 0 Å². The zero-order valence-corrected chi connectivity index (χ0v) is 8.46. The van der Waals surface area contributed by atoms with Gasteiger partial charge in [-0.1, -0.05) is 18.2 Å². The van der Waals surface area contributed by atoms with Gasteiger partial charge < -0.3 is 0 Å². The summed E-state index contributed by atoms with van der Waals surface area (Å²) in [5.41, 5.74) is 0. The van der Waals surface area contributed by atoms with Crippen molar-refractivity contribution in [2.24, 2.45) is 4.36 Å². The molecule has 0 spiro atoms. The summed E-state index contributed by atoms with van der Waals surface area (Å²) >= 11 is 0. The molecule has 0 N–H and O–H groups in total. The van der Waals surface area contributed by atoms with Crippen molar-refractivity contribution < 1.29 is 4.21 Å². The second kappa shape index (κ2) is 3.14. The molecule has 0 amide bonds. The molecule has 13 heavy (non-hydrogen) atoms. The fourth-order valence-corrected chi connectivity index (χ4v) is 3.80. The Kier molecular flexibility index (Phi) is 2.12. The molecular formula is C10H13NOS. The zero-order valence-electron chi connectivity index (χ0n) is 7.64. The van der Waals surface area contributed by atoms with E-state index in [-0.39, 0.29) is 5.25 Å². The van der Waals surface area contributed by atoms with E-state index in [1.54, 1.807) is 0 Å². The third-order valence-electron chi connectivity index (χ3n) is 2.45. The highest BCUT2D eigenvalue weighted by Gasteiger charge is 2.25. The van der Waals surface area contributed by atoms with Crippen molar-refractivity contribution in [3.8, 4) is 0 Å². The van der Waals surface area contributed by atoms with Crippen LogP contribution in [-0.2, 0) is 9.73 Å². The van der Waals surface area contributed by atoms with Gasteiger partial charge in [0.25, 0.3) is 0 Å². The van der Waals surface area contributed by atoms with E-state index < -0.39 is 9.73 Å². The van der Waals surface area contributed by atoms with Crippen molar-refractivity contribution in [2.45, 2.75) is 23.5 Å². The first-order valence-electron chi connectivity index (χ1n) is 4.50. The standard InChI is InChI=1S/C10H13NOS/c1-9-7-8-11-13(9,12)10-5-3-2-4-6-10/h2-6,9H,7-8H2,1H3/t9-,13+/m0/s1. The molecular weight excluding hydrogens is 182 g/mol. The fourth-order valence-electron chi connectivity index (χ4n) is 1.58.